The third kappa shape index (κ3) is 4.20. The molecule has 1 fully saturated rings. The summed E-state index contributed by atoms with van der Waals surface area (Å²) < 4.78 is 0. The quantitative estimate of drug-likeness (QED) is 0.433. The molecule has 132 valence electrons. The van der Waals surface area contributed by atoms with Crippen molar-refractivity contribution in [3.05, 3.63) is 34.6 Å². The van der Waals surface area contributed by atoms with Gasteiger partial charge >= 0.3 is 0 Å². The topological polar surface area (TPSA) is 110 Å². The van der Waals surface area contributed by atoms with E-state index >= 15 is 0 Å². The third-order valence-electron chi connectivity index (χ3n) is 4.52. The number of benzene rings is 1. The van der Waals surface area contributed by atoms with E-state index in [9.17, 15) is 14.9 Å². The molecule has 3 rings (SSSR count). The molecular weight excluding hydrogens is 322 g/mol. The van der Waals surface area contributed by atoms with E-state index in [1.807, 2.05) is 6.92 Å². The van der Waals surface area contributed by atoms with Crippen LogP contribution >= 0.6 is 0 Å². The molecule has 2 aromatic rings. The molecule has 0 unspecified atom stereocenters. The third-order valence-corrected chi connectivity index (χ3v) is 4.52. The Kier molecular flexibility index (Phi) is 5.06. The van der Waals surface area contributed by atoms with Gasteiger partial charge in [0.15, 0.2) is 0 Å². The van der Waals surface area contributed by atoms with Crippen LogP contribution in [-0.2, 0) is 4.79 Å². The number of nitro groups is 1. The molecule has 0 radical (unpaired) electrons. The Morgan fingerprint density at radius 3 is 2.88 bits per heavy atom. The van der Waals surface area contributed by atoms with Crippen molar-refractivity contribution in [1.29, 1.82) is 0 Å². The SMILES string of the molecule is C[C@@H](C(=O)NCCCNc1ncnc2ccc([N+](=O)[O-])cc12)C1CC1. The zero-order valence-electron chi connectivity index (χ0n) is 14.1. The molecule has 1 aliphatic carbocycles. The van der Waals surface area contributed by atoms with Crippen LogP contribution in [0.1, 0.15) is 26.2 Å². The lowest BCUT2D eigenvalue weighted by atomic mass is 10.1. The van der Waals surface area contributed by atoms with E-state index in [0.29, 0.717) is 35.7 Å². The minimum absolute atomic E-state index is 0.00618. The fraction of sp³-hybridized carbons (Fsp3) is 0.471. The van der Waals surface area contributed by atoms with Gasteiger partial charge in [0.2, 0.25) is 5.91 Å². The van der Waals surface area contributed by atoms with E-state index in [1.165, 1.54) is 18.5 Å². The summed E-state index contributed by atoms with van der Waals surface area (Å²) in [4.78, 5) is 30.7. The van der Waals surface area contributed by atoms with Crippen LogP contribution in [0.15, 0.2) is 24.5 Å². The van der Waals surface area contributed by atoms with Gasteiger partial charge in [-0.3, -0.25) is 14.9 Å². The molecule has 0 aliphatic heterocycles. The number of hydrogen-bond donors (Lipinski definition) is 2. The van der Waals surface area contributed by atoms with Gasteiger partial charge in [0.05, 0.1) is 10.4 Å². The summed E-state index contributed by atoms with van der Waals surface area (Å²) >= 11 is 0. The van der Waals surface area contributed by atoms with Crippen molar-refractivity contribution in [3.8, 4) is 0 Å². The summed E-state index contributed by atoms with van der Waals surface area (Å²) in [6.45, 7) is 3.17. The lowest BCUT2D eigenvalue weighted by molar-refractivity contribution is -0.384. The first kappa shape index (κ1) is 17.1. The highest BCUT2D eigenvalue weighted by Crippen LogP contribution is 2.36. The smallest absolute Gasteiger partial charge is 0.270 e. The highest BCUT2D eigenvalue weighted by atomic mass is 16.6. The Labute approximate surface area is 145 Å². The minimum Gasteiger partial charge on any atom is -0.369 e. The molecule has 0 bridgehead atoms. The molecule has 8 nitrogen and oxygen atoms in total. The second-order valence-corrected chi connectivity index (χ2v) is 6.38. The number of rotatable bonds is 8. The highest BCUT2D eigenvalue weighted by Gasteiger charge is 2.32. The van der Waals surface area contributed by atoms with Crippen LogP contribution in [-0.4, -0.2) is 33.9 Å². The van der Waals surface area contributed by atoms with Crippen molar-refractivity contribution >= 4 is 28.3 Å². The van der Waals surface area contributed by atoms with E-state index in [0.717, 1.165) is 19.3 Å². The fourth-order valence-corrected chi connectivity index (χ4v) is 2.78. The van der Waals surface area contributed by atoms with Gasteiger partial charge in [-0.1, -0.05) is 6.92 Å². The number of nitrogens with one attached hydrogen (secondary N) is 2. The molecule has 2 N–H and O–H groups in total. The van der Waals surface area contributed by atoms with Gasteiger partial charge in [-0.05, 0) is 31.2 Å². The number of non-ortho nitro benzene ring substituents is 1. The lowest BCUT2D eigenvalue weighted by Crippen LogP contribution is -2.31. The van der Waals surface area contributed by atoms with Gasteiger partial charge in [0.25, 0.3) is 5.69 Å². The fourth-order valence-electron chi connectivity index (χ4n) is 2.78. The van der Waals surface area contributed by atoms with Crippen LogP contribution in [0.2, 0.25) is 0 Å². The monoisotopic (exact) mass is 343 g/mol. The molecule has 1 atom stereocenters. The summed E-state index contributed by atoms with van der Waals surface area (Å²) in [7, 11) is 0. The van der Waals surface area contributed by atoms with Crippen molar-refractivity contribution < 1.29 is 9.72 Å². The number of anilines is 1. The summed E-state index contributed by atoms with van der Waals surface area (Å²) in [5.41, 5.74) is 0.654. The maximum atomic E-state index is 11.9. The van der Waals surface area contributed by atoms with Crippen molar-refractivity contribution in [2.24, 2.45) is 11.8 Å². The van der Waals surface area contributed by atoms with Gasteiger partial charge in [-0.2, -0.15) is 0 Å². The van der Waals surface area contributed by atoms with E-state index in [4.69, 9.17) is 0 Å². The molecule has 25 heavy (non-hydrogen) atoms. The van der Waals surface area contributed by atoms with Crippen LogP contribution in [0.3, 0.4) is 0 Å². The van der Waals surface area contributed by atoms with Gasteiger partial charge in [0, 0.05) is 36.5 Å². The molecule has 1 aromatic carbocycles. The average molecular weight is 343 g/mol. The van der Waals surface area contributed by atoms with E-state index in [1.54, 1.807) is 6.07 Å². The number of carbonyl (C=O) groups is 1. The second-order valence-electron chi connectivity index (χ2n) is 6.38. The van der Waals surface area contributed by atoms with E-state index < -0.39 is 4.92 Å². The first-order valence-electron chi connectivity index (χ1n) is 8.47. The first-order chi connectivity index (χ1) is 12.1. The first-order valence-corrected chi connectivity index (χ1v) is 8.47. The van der Waals surface area contributed by atoms with Gasteiger partial charge < -0.3 is 10.6 Å². The molecule has 1 aliphatic rings. The highest BCUT2D eigenvalue weighted by molar-refractivity contribution is 5.90. The zero-order valence-corrected chi connectivity index (χ0v) is 14.1. The van der Waals surface area contributed by atoms with Crippen molar-refractivity contribution in [1.82, 2.24) is 15.3 Å². The molecule has 0 spiro atoms. The maximum Gasteiger partial charge on any atom is 0.270 e. The van der Waals surface area contributed by atoms with Crippen LogP contribution in [0.4, 0.5) is 11.5 Å². The molecule has 8 heteroatoms. The minimum atomic E-state index is -0.438. The molecule has 1 heterocycles. The van der Waals surface area contributed by atoms with Crippen LogP contribution in [0.25, 0.3) is 10.9 Å². The Hall–Kier alpha value is -2.77. The zero-order chi connectivity index (χ0) is 17.8. The summed E-state index contributed by atoms with van der Waals surface area (Å²) in [5, 5.41) is 17.7. The van der Waals surface area contributed by atoms with Gasteiger partial charge in [-0.25, -0.2) is 9.97 Å². The predicted octanol–water partition coefficient (Wildman–Crippen LogP) is 2.50. The molecule has 0 saturated heterocycles. The van der Waals surface area contributed by atoms with Gasteiger partial charge in [-0.15, -0.1) is 0 Å². The molecule has 1 amide bonds. The molecular formula is C17H21N5O3. The Bertz CT molecular complexity index is 791. The second kappa shape index (κ2) is 7.42. The average Bonchev–Trinajstić information content (AvgIpc) is 3.45. The van der Waals surface area contributed by atoms with Crippen molar-refractivity contribution in [3.63, 3.8) is 0 Å². The number of nitro benzene ring substituents is 1. The number of hydrogen-bond acceptors (Lipinski definition) is 6. The van der Waals surface area contributed by atoms with Crippen LogP contribution < -0.4 is 10.6 Å². The predicted molar refractivity (Wildman–Crippen MR) is 94.2 cm³/mol. The maximum absolute atomic E-state index is 11.9. The standard InChI is InChI=1S/C17H21N5O3/c1-11(12-3-4-12)17(23)19-8-2-7-18-16-14-9-13(22(24)25)5-6-15(14)20-10-21-16/h5-6,9-12H,2-4,7-8H2,1H3,(H,19,23)(H,18,20,21)/t11-/m1/s1. The number of amides is 1. The molecule has 1 aromatic heterocycles. The number of nitrogens with zero attached hydrogens (tertiary/aromatic N) is 3. The van der Waals surface area contributed by atoms with Gasteiger partial charge in [0.1, 0.15) is 12.1 Å². The number of fused-ring (bicyclic) bond motifs is 1. The Morgan fingerprint density at radius 1 is 1.36 bits per heavy atom. The largest absolute Gasteiger partial charge is 0.369 e. The summed E-state index contributed by atoms with van der Waals surface area (Å²) in [6, 6.07) is 4.51. The summed E-state index contributed by atoms with van der Waals surface area (Å²) in [5.74, 6) is 1.33. The van der Waals surface area contributed by atoms with E-state index in [2.05, 4.69) is 20.6 Å². The van der Waals surface area contributed by atoms with Crippen molar-refractivity contribution in [2.45, 2.75) is 26.2 Å². The molecule has 1 saturated carbocycles. The van der Waals surface area contributed by atoms with Crippen molar-refractivity contribution in [2.75, 3.05) is 18.4 Å². The summed E-state index contributed by atoms with van der Waals surface area (Å²) in [6.07, 6.45) is 4.48. The number of aromatic nitrogens is 2. The normalized spacial score (nSPS) is 14.9. The van der Waals surface area contributed by atoms with Crippen LogP contribution in [0.5, 0.6) is 0 Å². The Balaban J connectivity index is 1.53. The van der Waals surface area contributed by atoms with E-state index in [-0.39, 0.29) is 17.5 Å². The lowest BCUT2D eigenvalue weighted by Gasteiger charge is -2.12. The van der Waals surface area contributed by atoms with Crippen LogP contribution in [0, 0.1) is 22.0 Å². The number of carbonyl (C=O) groups excluding carboxylic acids is 1. The Morgan fingerprint density at radius 2 is 2.16 bits per heavy atom.